The quantitative estimate of drug-likeness (QED) is 0.886. The first kappa shape index (κ1) is 14.3. The predicted molar refractivity (Wildman–Crippen MR) is 76.2 cm³/mol. The van der Waals surface area contributed by atoms with E-state index in [1.54, 1.807) is 18.3 Å². The third kappa shape index (κ3) is 3.24. The van der Waals surface area contributed by atoms with Gasteiger partial charge in [-0.15, -0.1) is 11.3 Å². The number of aromatic nitrogens is 2. The molecule has 0 radical (unpaired) electrons. The molecule has 2 aromatic heterocycles. The van der Waals surface area contributed by atoms with E-state index in [9.17, 15) is 9.59 Å². The van der Waals surface area contributed by atoms with Crippen molar-refractivity contribution in [3.63, 3.8) is 0 Å². The number of nitrogens with one attached hydrogen (secondary N) is 1. The van der Waals surface area contributed by atoms with Crippen LogP contribution in [0.4, 0.5) is 5.13 Å². The molecular formula is C13H15N3O3S. The van der Waals surface area contributed by atoms with Crippen LogP contribution in [0.5, 0.6) is 0 Å². The molecule has 0 aliphatic rings. The number of rotatable bonds is 5. The van der Waals surface area contributed by atoms with Crippen molar-refractivity contribution in [1.29, 1.82) is 0 Å². The summed E-state index contributed by atoms with van der Waals surface area (Å²) in [5, 5.41) is 13.9. The monoisotopic (exact) mass is 293 g/mol. The zero-order valence-electron chi connectivity index (χ0n) is 11.2. The Hall–Kier alpha value is -2.15. The van der Waals surface area contributed by atoms with E-state index in [0.29, 0.717) is 16.7 Å². The highest BCUT2D eigenvalue weighted by Gasteiger charge is 2.14. The molecule has 20 heavy (non-hydrogen) atoms. The minimum atomic E-state index is -0.994. The van der Waals surface area contributed by atoms with Gasteiger partial charge in [-0.2, -0.15) is 0 Å². The summed E-state index contributed by atoms with van der Waals surface area (Å²) < 4.78 is 1.38. The number of aliphatic carboxylic acids is 1. The fourth-order valence-electron chi connectivity index (χ4n) is 1.67. The largest absolute Gasteiger partial charge is 0.480 e. The van der Waals surface area contributed by atoms with Gasteiger partial charge in [0.1, 0.15) is 12.2 Å². The molecule has 1 amide bonds. The van der Waals surface area contributed by atoms with Crippen LogP contribution < -0.4 is 5.32 Å². The molecule has 0 aliphatic carbocycles. The van der Waals surface area contributed by atoms with E-state index in [1.165, 1.54) is 15.9 Å². The highest BCUT2D eigenvalue weighted by Crippen LogP contribution is 2.22. The summed E-state index contributed by atoms with van der Waals surface area (Å²) >= 11 is 1.35. The molecule has 2 N–H and O–H groups in total. The third-order valence-corrected chi connectivity index (χ3v) is 3.48. The summed E-state index contributed by atoms with van der Waals surface area (Å²) in [6.07, 6.45) is 1.56. The summed E-state index contributed by atoms with van der Waals surface area (Å²) in [6, 6.07) is 3.22. The summed E-state index contributed by atoms with van der Waals surface area (Å²) in [7, 11) is 0. The number of carboxylic acids is 1. The molecule has 0 saturated carbocycles. The maximum atomic E-state index is 12.1. The van der Waals surface area contributed by atoms with Crippen LogP contribution in [0.1, 0.15) is 35.9 Å². The summed E-state index contributed by atoms with van der Waals surface area (Å²) in [5.41, 5.74) is 1.22. The van der Waals surface area contributed by atoms with Crippen LogP contribution in [0.3, 0.4) is 0 Å². The SMILES string of the molecule is CC(C)c1csc(NC(=O)c2cccn2CC(=O)O)n1. The van der Waals surface area contributed by atoms with Crippen LogP contribution in [0, 0.1) is 0 Å². The van der Waals surface area contributed by atoms with Crippen molar-refractivity contribution < 1.29 is 14.7 Å². The molecule has 2 rings (SSSR count). The Balaban J connectivity index is 2.11. The maximum Gasteiger partial charge on any atom is 0.323 e. The molecule has 0 aliphatic heterocycles. The molecule has 0 saturated heterocycles. The number of carboxylic acid groups (broad SMARTS) is 1. The van der Waals surface area contributed by atoms with Gasteiger partial charge in [0.2, 0.25) is 0 Å². The van der Waals surface area contributed by atoms with Crippen LogP contribution in [0.2, 0.25) is 0 Å². The first-order valence-electron chi connectivity index (χ1n) is 6.11. The predicted octanol–water partition coefficient (Wildman–Crippen LogP) is 2.40. The first-order valence-corrected chi connectivity index (χ1v) is 6.99. The molecule has 106 valence electrons. The number of nitrogens with zero attached hydrogens (tertiary/aromatic N) is 2. The molecule has 0 fully saturated rings. The second kappa shape index (κ2) is 5.87. The van der Waals surface area contributed by atoms with Crippen LogP contribution in [0.25, 0.3) is 0 Å². The van der Waals surface area contributed by atoms with Gasteiger partial charge in [0, 0.05) is 11.6 Å². The molecule has 2 aromatic rings. The lowest BCUT2D eigenvalue weighted by Crippen LogP contribution is -2.19. The van der Waals surface area contributed by atoms with E-state index in [4.69, 9.17) is 5.11 Å². The molecule has 0 spiro atoms. The van der Waals surface area contributed by atoms with Gasteiger partial charge in [0.25, 0.3) is 5.91 Å². The number of carbonyl (C=O) groups is 2. The third-order valence-electron chi connectivity index (χ3n) is 2.70. The van der Waals surface area contributed by atoms with Crippen molar-refractivity contribution in [3.8, 4) is 0 Å². The van der Waals surface area contributed by atoms with E-state index >= 15 is 0 Å². The molecule has 7 heteroatoms. The summed E-state index contributed by atoms with van der Waals surface area (Å²) in [6.45, 7) is 3.81. The van der Waals surface area contributed by atoms with Crippen molar-refractivity contribution in [1.82, 2.24) is 9.55 Å². The standard InChI is InChI=1S/C13H15N3O3S/c1-8(2)9-7-20-13(14-9)15-12(19)10-4-3-5-16(10)6-11(17)18/h3-5,7-8H,6H2,1-2H3,(H,17,18)(H,14,15,19). The highest BCUT2D eigenvalue weighted by molar-refractivity contribution is 7.14. The zero-order valence-corrected chi connectivity index (χ0v) is 12.0. The highest BCUT2D eigenvalue weighted by atomic mass is 32.1. The summed E-state index contributed by atoms with van der Waals surface area (Å²) in [5.74, 6) is -1.06. The Kier molecular flexibility index (Phi) is 4.19. The molecule has 6 nitrogen and oxygen atoms in total. The topological polar surface area (TPSA) is 84.2 Å². The number of hydrogen-bond acceptors (Lipinski definition) is 4. The van der Waals surface area contributed by atoms with E-state index < -0.39 is 5.97 Å². The van der Waals surface area contributed by atoms with Gasteiger partial charge in [-0.1, -0.05) is 13.8 Å². The first-order chi connectivity index (χ1) is 9.47. The van der Waals surface area contributed by atoms with Gasteiger partial charge in [-0.3, -0.25) is 14.9 Å². The van der Waals surface area contributed by atoms with Gasteiger partial charge in [0.15, 0.2) is 5.13 Å². The Labute approximate surface area is 120 Å². The van der Waals surface area contributed by atoms with E-state index in [2.05, 4.69) is 10.3 Å². The van der Waals surface area contributed by atoms with Crippen molar-refractivity contribution in [2.75, 3.05) is 5.32 Å². The lowest BCUT2D eigenvalue weighted by atomic mass is 10.2. The van der Waals surface area contributed by atoms with Gasteiger partial charge < -0.3 is 9.67 Å². The van der Waals surface area contributed by atoms with E-state index in [-0.39, 0.29) is 12.5 Å². The Morgan fingerprint density at radius 2 is 2.25 bits per heavy atom. The molecule has 2 heterocycles. The van der Waals surface area contributed by atoms with Crippen molar-refractivity contribution in [2.24, 2.45) is 0 Å². The molecule has 0 atom stereocenters. The smallest absolute Gasteiger partial charge is 0.323 e. The van der Waals surface area contributed by atoms with E-state index in [1.807, 2.05) is 19.2 Å². The minimum Gasteiger partial charge on any atom is -0.480 e. The fourth-order valence-corrected chi connectivity index (χ4v) is 2.54. The van der Waals surface area contributed by atoms with Gasteiger partial charge in [-0.05, 0) is 18.1 Å². The average molecular weight is 293 g/mol. The van der Waals surface area contributed by atoms with Gasteiger partial charge >= 0.3 is 5.97 Å². The summed E-state index contributed by atoms with van der Waals surface area (Å²) in [4.78, 5) is 27.1. The average Bonchev–Trinajstić information content (AvgIpc) is 2.97. The number of carbonyl (C=O) groups excluding carboxylic acids is 1. The Bertz CT molecular complexity index is 630. The maximum absolute atomic E-state index is 12.1. The minimum absolute atomic E-state index is 0.245. The van der Waals surface area contributed by atoms with E-state index in [0.717, 1.165) is 5.69 Å². The van der Waals surface area contributed by atoms with Crippen LogP contribution in [-0.4, -0.2) is 26.5 Å². The van der Waals surface area contributed by atoms with Crippen LogP contribution in [0.15, 0.2) is 23.7 Å². The number of hydrogen-bond donors (Lipinski definition) is 2. The fraction of sp³-hybridized carbons (Fsp3) is 0.308. The zero-order chi connectivity index (χ0) is 14.7. The number of amides is 1. The van der Waals surface area contributed by atoms with Crippen molar-refractivity contribution in [2.45, 2.75) is 26.3 Å². The van der Waals surface area contributed by atoms with Crippen molar-refractivity contribution >= 4 is 28.3 Å². The van der Waals surface area contributed by atoms with Crippen LogP contribution in [-0.2, 0) is 11.3 Å². The molecular weight excluding hydrogens is 278 g/mol. The van der Waals surface area contributed by atoms with Gasteiger partial charge in [-0.25, -0.2) is 4.98 Å². The Morgan fingerprint density at radius 1 is 1.50 bits per heavy atom. The molecule has 0 aromatic carbocycles. The lowest BCUT2D eigenvalue weighted by Gasteiger charge is -2.06. The molecule has 0 bridgehead atoms. The lowest BCUT2D eigenvalue weighted by molar-refractivity contribution is -0.137. The van der Waals surface area contributed by atoms with Crippen LogP contribution >= 0.6 is 11.3 Å². The number of thiazole rings is 1. The second-order valence-electron chi connectivity index (χ2n) is 4.60. The van der Waals surface area contributed by atoms with Gasteiger partial charge in [0.05, 0.1) is 5.69 Å². The normalized spacial score (nSPS) is 10.8. The number of anilines is 1. The molecule has 0 unspecified atom stereocenters. The van der Waals surface area contributed by atoms with Crippen molar-refractivity contribution in [3.05, 3.63) is 35.1 Å². The second-order valence-corrected chi connectivity index (χ2v) is 5.46. The Morgan fingerprint density at radius 3 is 2.85 bits per heavy atom.